The normalized spacial score (nSPS) is 18.5. The standard InChI is InChI=1S/2C9H12N2S/c2*1-2-8(3-5-10-4-1)9-11-6-7-12-9/h3,6-7,10H,1-2,4-5H2;2,6-7,10H,1,3-5H2. The van der Waals surface area contributed by atoms with Crippen molar-refractivity contribution in [3.63, 3.8) is 0 Å². The summed E-state index contributed by atoms with van der Waals surface area (Å²) in [5, 5.41) is 13.2. The van der Waals surface area contributed by atoms with Crippen LogP contribution in [0.4, 0.5) is 0 Å². The minimum absolute atomic E-state index is 0.995. The number of allylic oxidation sites excluding steroid dienone is 1. The molecule has 0 aliphatic carbocycles. The minimum atomic E-state index is 0.995. The summed E-state index contributed by atoms with van der Waals surface area (Å²) >= 11 is 3.46. The zero-order valence-corrected chi connectivity index (χ0v) is 15.5. The fourth-order valence-electron chi connectivity index (χ4n) is 2.75. The van der Waals surface area contributed by atoms with Crippen LogP contribution in [-0.4, -0.2) is 36.1 Å². The van der Waals surface area contributed by atoms with Crippen LogP contribution < -0.4 is 10.6 Å². The first kappa shape index (κ1) is 17.5. The van der Waals surface area contributed by atoms with Crippen LogP contribution in [0.15, 0.2) is 35.3 Å². The number of nitrogens with zero attached hydrogens (tertiary/aromatic N) is 2. The highest BCUT2D eigenvalue weighted by Gasteiger charge is 2.06. The number of thiazole rings is 2. The molecule has 0 atom stereocenters. The van der Waals surface area contributed by atoms with E-state index in [2.05, 4.69) is 32.8 Å². The van der Waals surface area contributed by atoms with Gasteiger partial charge in [-0.1, -0.05) is 12.2 Å². The predicted molar refractivity (Wildman–Crippen MR) is 104 cm³/mol. The topological polar surface area (TPSA) is 49.8 Å². The maximum absolute atomic E-state index is 4.30. The van der Waals surface area contributed by atoms with E-state index in [1.54, 1.807) is 22.7 Å². The Morgan fingerprint density at radius 3 is 2.25 bits per heavy atom. The first-order valence-corrected chi connectivity index (χ1v) is 10.3. The van der Waals surface area contributed by atoms with Crippen LogP contribution in [0.25, 0.3) is 11.1 Å². The Balaban J connectivity index is 0.000000141. The van der Waals surface area contributed by atoms with Crippen molar-refractivity contribution in [3.8, 4) is 0 Å². The molecule has 2 aliphatic rings. The predicted octanol–water partition coefficient (Wildman–Crippen LogP) is 3.82. The summed E-state index contributed by atoms with van der Waals surface area (Å²) in [6, 6.07) is 0. The van der Waals surface area contributed by atoms with Crippen molar-refractivity contribution in [2.24, 2.45) is 0 Å². The molecule has 0 radical (unpaired) electrons. The minimum Gasteiger partial charge on any atom is -0.316 e. The summed E-state index contributed by atoms with van der Waals surface area (Å²) in [6.45, 7) is 4.32. The van der Waals surface area contributed by atoms with Crippen LogP contribution in [-0.2, 0) is 0 Å². The molecule has 0 bridgehead atoms. The fourth-order valence-corrected chi connectivity index (χ4v) is 4.17. The van der Waals surface area contributed by atoms with Gasteiger partial charge in [0.25, 0.3) is 0 Å². The number of rotatable bonds is 2. The molecule has 2 aromatic rings. The SMILES string of the molecule is C1=C(c2nccs2)CCCNC1.C1=C(c2nccs2)CCNCC1. The van der Waals surface area contributed by atoms with Crippen molar-refractivity contribution in [1.82, 2.24) is 20.6 Å². The molecule has 4 rings (SSSR count). The second-order valence-corrected chi connectivity index (χ2v) is 7.52. The molecule has 0 saturated heterocycles. The summed E-state index contributed by atoms with van der Waals surface area (Å²) in [6.07, 6.45) is 13.0. The maximum Gasteiger partial charge on any atom is 0.118 e. The first-order valence-electron chi connectivity index (χ1n) is 8.53. The van der Waals surface area contributed by atoms with Crippen LogP contribution in [0.3, 0.4) is 0 Å². The molecule has 0 saturated carbocycles. The molecule has 6 heteroatoms. The van der Waals surface area contributed by atoms with Crippen LogP contribution in [0.1, 0.15) is 35.7 Å². The van der Waals surface area contributed by atoms with Gasteiger partial charge in [0.1, 0.15) is 10.0 Å². The lowest BCUT2D eigenvalue weighted by atomic mass is 10.1. The van der Waals surface area contributed by atoms with E-state index in [9.17, 15) is 0 Å². The van der Waals surface area contributed by atoms with Gasteiger partial charge in [-0.05, 0) is 56.5 Å². The zero-order valence-electron chi connectivity index (χ0n) is 13.8. The third-order valence-electron chi connectivity index (χ3n) is 3.99. The molecule has 4 heterocycles. The molecule has 0 unspecified atom stereocenters. The van der Waals surface area contributed by atoms with Crippen molar-refractivity contribution in [3.05, 3.63) is 45.3 Å². The highest BCUT2D eigenvalue weighted by Crippen LogP contribution is 2.22. The van der Waals surface area contributed by atoms with Crippen LogP contribution in [0.5, 0.6) is 0 Å². The van der Waals surface area contributed by atoms with Gasteiger partial charge in [0.2, 0.25) is 0 Å². The molecule has 0 fully saturated rings. The molecule has 0 spiro atoms. The van der Waals surface area contributed by atoms with E-state index in [1.807, 2.05) is 23.2 Å². The highest BCUT2D eigenvalue weighted by molar-refractivity contribution is 7.10. The number of aromatic nitrogens is 2. The fraction of sp³-hybridized carbons (Fsp3) is 0.444. The van der Waals surface area contributed by atoms with Gasteiger partial charge < -0.3 is 10.6 Å². The lowest BCUT2D eigenvalue weighted by Gasteiger charge is -1.99. The summed E-state index contributed by atoms with van der Waals surface area (Å²) in [7, 11) is 0. The van der Waals surface area contributed by atoms with E-state index in [-0.39, 0.29) is 0 Å². The number of nitrogens with one attached hydrogen (secondary N) is 2. The summed E-state index contributed by atoms with van der Waals surface area (Å²) in [5.41, 5.74) is 2.82. The third kappa shape index (κ3) is 5.34. The van der Waals surface area contributed by atoms with E-state index in [0.29, 0.717) is 0 Å². The van der Waals surface area contributed by atoms with E-state index in [4.69, 9.17) is 0 Å². The average molecular weight is 361 g/mol. The van der Waals surface area contributed by atoms with Crippen LogP contribution in [0.2, 0.25) is 0 Å². The Bertz CT molecular complexity index is 586. The zero-order chi connectivity index (χ0) is 16.5. The van der Waals surface area contributed by atoms with Crippen LogP contribution in [0, 0.1) is 0 Å². The Labute approximate surface area is 151 Å². The van der Waals surface area contributed by atoms with Crippen molar-refractivity contribution < 1.29 is 0 Å². The van der Waals surface area contributed by atoms with E-state index in [0.717, 1.165) is 39.0 Å². The second kappa shape index (κ2) is 9.84. The van der Waals surface area contributed by atoms with Crippen molar-refractivity contribution >= 4 is 33.8 Å². The van der Waals surface area contributed by atoms with Crippen molar-refractivity contribution in [2.75, 3.05) is 26.2 Å². The quantitative estimate of drug-likeness (QED) is 0.855. The van der Waals surface area contributed by atoms with E-state index >= 15 is 0 Å². The largest absolute Gasteiger partial charge is 0.316 e. The monoisotopic (exact) mass is 360 g/mol. The first-order chi connectivity index (χ1) is 11.9. The Morgan fingerprint density at radius 1 is 0.792 bits per heavy atom. The van der Waals surface area contributed by atoms with Gasteiger partial charge in [-0.3, -0.25) is 0 Å². The van der Waals surface area contributed by atoms with Gasteiger partial charge in [0, 0.05) is 29.7 Å². The molecule has 0 amide bonds. The molecule has 0 aromatic carbocycles. The Kier molecular flexibility index (Phi) is 7.16. The molecule has 2 aliphatic heterocycles. The van der Waals surface area contributed by atoms with Gasteiger partial charge >= 0.3 is 0 Å². The third-order valence-corrected chi connectivity index (χ3v) is 5.69. The Morgan fingerprint density at radius 2 is 1.54 bits per heavy atom. The molecular weight excluding hydrogens is 336 g/mol. The second-order valence-electron chi connectivity index (χ2n) is 5.73. The molecule has 4 nitrogen and oxygen atoms in total. The van der Waals surface area contributed by atoms with Gasteiger partial charge in [0.05, 0.1) is 0 Å². The van der Waals surface area contributed by atoms with Crippen molar-refractivity contribution in [1.29, 1.82) is 0 Å². The summed E-state index contributed by atoms with van der Waals surface area (Å²) in [4.78, 5) is 8.61. The number of hydrogen-bond donors (Lipinski definition) is 2. The van der Waals surface area contributed by atoms with Gasteiger partial charge in [-0.15, -0.1) is 22.7 Å². The highest BCUT2D eigenvalue weighted by atomic mass is 32.1. The maximum atomic E-state index is 4.30. The van der Waals surface area contributed by atoms with E-state index in [1.165, 1.54) is 34.0 Å². The average Bonchev–Trinajstić information content (AvgIpc) is 3.20. The van der Waals surface area contributed by atoms with Gasteiger partial charge in [-0.2, -0.15) is 0 Å². The van der Waals surface area contributed by atoms with Crippen LogP contribution >= 0.6 is 22.7 Å². The van der Waals surface area contributed by atoms with Gasteiger partial charge in [0.15, 0.2) is 0 Å². The molecule has 128 valence electrons. The molecule has 2 N–H and O–H groups in total. The Hall–Kier alpha value is -1.34. The summed E-state index contributed by atoms with van der Waals surface area (Å²) < 4.78 is 0. The lowest BCUT2D eigenvalue weighted by molar-refractivity contribution is 0.718. The molecule has 24 heavy (non-hydrogen) atoms. The molecular formula is C18H24N4S2. The summed E-state index contributed by atoms with van der Waals surface area (Å²) in [5.74, 6) is 0. The lowest BCUT2D eigenvalue weighted by Crippen LogP contribution is -2.13. The van der Waals surface area contributed by atoms with E-state index < -0.39 is 0 Å². The van der Waals surface area contributed by atoms with Gasteiger partial charge in [-0.25, -0.2) is 9.97 Å². The smallest absolute Gasteiger partial charge is 0.118 e. The number of hydrogen-bond acceptors (Lipinski definition) is 6. The molecule has 2 aromatic heterocycles. The van der Waals surface area contributed by atoms with Crippen molar-refractivity contribution in [2.45, 2.75) is 25.7 Å².